The lowest BCUT2D eigenvalue weighted by Gasteiger charge is -2.20. The Morgan fingerprint density at radius 2 is 1.93 bits per heavy atom. The third-order valence-corrected chi connectivity index (χ3v) is 5.70. The van der Waals surface area contributed by atoms with Gasteiger partial charge in [-0.25, -0.2) is 13.2 Å². The molecule has 3 rings (SSSR count). The van der Waals surface area contributed by atoms with E-state index in [1.54, 1.807) is 36.4 Å². The van der Waals surface area contributed by atoms with Gasteiger partial charge in [-0.05, 0) is 43.7 Å². The number of sulfone groups is 1. The molecule has 0 unspecified atom stereocenters. The number of methoxy groups -OCH3 is 1. The summed E-state index contributed by atoms with van der Waals surface area (Å²) in [6.07, 6.45) is 1.12. The zero-order chi connectivity index (χ0) is 22.1. The number of ketones is 1. The lowest BCUT2D eigenvalue weighted by molar-refractivity contribution is 0.101. The van der Waals surface area contributed by atoms with Crippen LogP contribution in [0.1, 0.15) is 35.8 Å². The largest absolute Gasteiger partial charge is 0.493 e. The van der Waals surface area contributed by atoms with Crippen LogP contribution in [0.4, 0.5) is 0 Å². The molecule has 9 heteroatoms. The quantitative estimate of drug-likeness (QED) is 0.548. The highest BCUT2D eigenvalue weighted by Crippen LogP contribution is 2.33. The van der Waals surface area contributed by atoms with Crippen LogP contribution in [0.2, 0.25) is 0 Å². The van der Waals surface area contributed by atoms with E-state index < -0.39 is 21.6 Å². The van der Waals surface area contributed by atoms with Gasteiger partial charge in [0.05, 0.1) is 36.5 Å². The van der Waals surface area contributed by atoms with Gasteiger partial charge in [0.25, 0.3) is 0 Å². The van der Waals surface area contributed by atoms with Crippen LogP contribution in [-0.4, -0.2) is 49.5 Å². The van der Waals surface area contributed by atoms with Crippen LogP contribution in [-0.2, 0) is 9.84 Å². The Morgan fingerprint density at radius 3 is 2.53 bits per heavy atom. The maximum absolute atomic E-state index is 12.9. The predicted molar refractivity (Wildman–Crippen MR) is 115 cm³/mol. The average Bonchev–Trinajstić information content (AvgIpc) is 3.01. The Balaban J connectivity index is 2.28. The highest BCUT2D eigenvalue weighted by Gasteiger charge is 2.25. The van der Waals surface area contributed by atoms with Crippen LogP contribution < -0.4 is 15.2 Å². The summed E-state index contributed by atoms with van der Waals surface area (Å²) in [7, 11) is -1.95. The number of hydrogen-bond acceptors (Lipinski definition) is 6. The summed E-state index contributed by atoms with van der Waals surface area (Å²) < 4.78 is 36.8. The molecule has 0 saturated heterocycles. The fourth-order valence-corrected chi connectivity index (χ4v) is 4.44. The van der Waals surface area contributed by atoms with Gasteiger partial charge in [0, 0.05) is 11.8 Å². The molecule has 0 radical (unpaired) electrons. The van der Waals surface area contributed by atoms with Crippen molar-refractivity contribution >= 4 is 26.7 Å². The standard InChI is InChI=1S/C21H24N2O6S/c1-5-29-19-11-14(9-10-18(19)28-3)17(12-30(4,26)27)23-16-8-6-7-15(13(2)24)20(16)22-21(23)25/h6-11,17H,5,12H2,1-4H3,(H,22,25)/t17-/m1/s1. The number of aromatic amines is 1. The van der Waals surface area contributed by atoms with Crippen molar-refractivity contribution in [2.45, 2.75) is 19.9 Å². The summed E-state index contributed by atoms with van der Waals surface area (Å²) in [5, 5.41) is 0. The lowest BCUT2D eigenvalue weighted by Crippen LogP contribution is -2.28. The number of benzene rings is 2. The van der Waals surface area contributed by atoms with Crippen molar-refractivity contribution in [2.75, 3.05) is 25.7 Å². The second-order valence-corrected chi connectivity index (χ2v) is 9.19. The first-order chi connectivity index (χ1) is 14.2. The molecule has 0 spiro atoms. The highest BCUT2D eigenvalue weighted by atomic mass is 32.2. The number of nitrogens with zero attached hydrogens (tertiary/aromatic N) is 1. The number of Topliss-reactive ketones (excluding diaryl/α,β-unsaturated/α-hetero) is 1. The molecule has 1 aromatic heterocycles. The summed E-state index contributed by atoms with van der Waals surface area (Å²) in [4.78, 5) is 27.6. The van der Waals surface area contributed by atoms with Gasteiger partial charge in [-0.2, -0.15) is 0 Å². The second-order valence-electron chi connectivity index (χ2n) is 7.01. The van der Waals surface area contributed by atoms with Crippen LogP contribution in [0.5, 0.6) is 11.5 Å². The minimum Gasteiger partial charge on any atom is -0.493 e. The second kappa shape index (κ2) is 8.35. The third kappa shape index (κ3) is 4.25. The Labute approximate surface area is 174 Å². The number of imidazole rings is 1. The van der Waals surface area contributed by atoms with Crippen molar-refractivity contribution in [3.8, 4) is 11.5 Å². The van der Waals surface area contributed by atoms with E-state index in [2.05, 4.69) is 4.98 Å². The molecule has 1 atom stereocenters. The molecule has 0 aliphatic heterocycles. The topological polar surface area (TPSA) is 107 Å². The summed E-state index contributed by atoms with van der Waals surface area (Å²) in [5.74, 6) is 0.455. The lowest BCUT2D eigenvalue weighted by atomic mass is 10.1. The number of rotatable bonds is 8. The number of aromatic nitrogens is 2. The first-order valence-electron chi connectivity index (χ1n) is 9.39. The number of nitrogens with one attached hydrogen (secondary N) is 1. The summed E-state index contributed by atoms with van der Waals surface area (Å²) >= 11 is 0. The Morgan fingerprint density at radius 1 is 1.20 bits per heavy atom. The van der Waals surface area contributed by atoms with E-state index in [0.29, 0.717) is 40.3 Å². The molecule has 0 saturated carbocycles. The minimum atomic E-state index is -3.46. The normalized spacial score (nSPS) is 12.7. The molecule has 0 aliphatic carbocycles. The Kier molecular flexibility index (Phi) is 6.02. The van der Waals surface area contributed by atoms with Gasteiger partial charge >= 0.3 is 5.69 Å². The van der Waals surface area contributed by atoms with Crippen LogP contribution in [0.15, 0.2) is 41.2 Å². The molecule has 3 aromatic rings. The third-order valence-electron chi connectivity index (χ3n) is 4.78. The van der Waals surface area contributed by atoms with Crippen molar-refractivity contribution in [1.82, 2.24) is 9.55 Å². The smallest absolute Gasteiger partial charge is 0.327 e. The summed E-state index contributed by atoms with van der Waals surface area (Å²) in [5.41, 5.74) is 1.27. The van der Waals surface area contributed by atoms with Crippen LogP contribution in [0.3, 0.4) is 0 Å². The summed E-state index contributed by atoms with van der Waals surface area (Å²) in [6, 6.07) is 9.21. The van der Waals surface area contributed by atoms with E-state index in [1.807, 2.05) is 6.92 Å². The number of carbonyl (C=O) groups is 1. The Hall–Kier alpha value is -3.07. The monoisotopic (exact) mass is 432 g/mol. The first kappa shape index (κ1) is 21.6. The van der Waals surface area contributed by atoms with Gasteiger partial charge in [0.2, 0.25) is 0 Å². The van der Waals surface area contributed by atoms with E-state index in [4.69, 9.17) is 9.47 Å². The molecule has 160 valence electrons. The van der Waals surface area contributed by atoms with Gasteiger partial charge < -0.3 is 14.5 Å². The van der Waals surface area contributed by atoms with E-state index in [0.717, 1.165) is 6.26 Å². The first-order valence-corrected chi connectivity index (χ1v) is 11.4. The predicted octanol–water partition coefficient (Wildman–Crippen LogP) is 2.57. The molecule has 0 aliphatic rings. The molecular formula is C21H24N2O6S. The zero-order valence-electron chi connectivity index (χ0n) is 17.3. The van der Waals surface area contributed by atoms with Crippen molar-refractivity contribution in [1.29, 1.82) is 0 Å². The van der Waals surface area contributed by atoms with Gasteiger partial charge in [-0.1, -0.05) is 12.1 Å². The van der Waals surface area contributed by atoms with Gasteiger partial charge in [0.1, 0.15) is 9.84 Å². The molecule has 1 heterocycles. The van der Waals surface area contributed by atoms with E-state index in [-0.39, 0.29) is 11.5 Å². The van der Waals surface area contributed by atoms with E-state index in [9.17, 15) is 18.0 Å². The number of ether oxygens (including phenoxy) is 2. The fourth-order valence-electron chi connectivity index (χ4n) is 3.53. The number of H-pyrrole nitrogens is 1. The van der Waals surface area contributed by atoms with Gasteiger partial charge in [0.15, 0.2) is 17.3 Å². The number of hydrogen-bond donors (Lipinski definition) is 1. The summed E-state index contributed by atoms with van der Waals surface area (Å²) in [6.45, 7) is 3.63. The zero-order valence-corrected chi connectivity index (χ0v) is 18.1. The fraction of sp³-hybridized carbons (Fsp3) is 0.333. The average molecular weight is 432 g/mol. The minimum absolute atomic E-state index is 0.197. The van der Waals surface area contributed by atoms with Crippen molar-refractivity contribution < 1.29 is 22.7 Å². The van der Waals surface area contributed by atoms with E-state index in [1.165, 1.54) is 18.6 Å². The molecular weight excluding hydrogens is 408 g/mol. The molecule has 0 amide bonds. The maximum Gasteiger partial charge on any atom is 0.327 e. The number of fused-ring (bicyclic) bond motifs is 1. The van der Waals surface area contributed by atoms with Crippen LogP contribution in [0.25, 0.3) is 11.0 Å². The Bertz CT molecular complexity index is 1260. The number of carbonyl (C=O) groups excluding carboxylic acids is 1. The molecule has 0 bridgehead atoms. The highest BCUT2D eigenvalue weighted by molar-refractivity contribution is 7.90. The molecule has 0 fully saturated rings. The molecule has 1 N–H and O–H groups in total. The van der Waals surface area contributed by atoms with E-state index >= 15 is 0 Å². The van der Waals surface area contributed by atoms with Crippen molar-refractivity contribution in [3.63, 3.8) is 0 Å². The number of para-hydroxylation sites is 1. The van der Waals surface area contributed by atoms with Crippen molar-refractivity contribution in [2.24, 2.45) is 0 Å². The molecule has 2 aromatic carbocycles. The molecule has 30 heavy (non-hydrogen) atoms. The SMILES string of the molecule is CCOc1cc([C@@H](CS(C)(=O)=O)n2c(=O)[nH]c3c(C(C)=O)cccc32)ccc1OC. The molecule has 8 nitrogen and oxygen atoms in total. The maximum atomic E-state index is 12.9. The van der Waals surface area contributed by atoms with Gasteiger partial charge in [-0.3, -0.25) is 9.36 Å². The van der Waals surface area contributed by atoms with Crippen molar-refractivity contribution in [3.05, 3.63) is 58.0 Å². The van der Waals surface area contributed by atoms with Crippen LogP contribution in [0, 0.1) is 0 Å². The van der Waals surface area contributed by atoms with Crippen LogP contribution >= 0.6 is 0 Å². The van der Waals surface area contributed by atoms with Gasteiger partial charge in [-0.15, -0.1) is 0 Å².